The van der Waals surface area contributed by atoms with Gasteiger partial charge in [0.15, 0.2) is 6.17 Å². The van der Waals surface area contributed by atoms with Gasteiger partial charge in [0.05, 0.1) is 17.4 Å². The van der Waals surface area contributed by atoms with Gasteiger partial charge in [-0.25, -0.2) is 12.8 Å². The van der Waals surface area contributed by atoms with Crippen LogP contribution in [-0.4, -0.2) is 64.8 Å². The molecule has 0 bridgehead atoms. The molecule has 2 heterocycles. The maximum absolute atomic E-state index is 13.9. The highest BCUT2D eigenvalue weighted by Crippen LogP contribution is 2.27. The minimum Gasteiger partial charge on any atom is -0.481 e. The third kappa shape index (κ3) is 6.29. The summed E-state index contributed by atoms with van der Waals surface area (Å²) in [5, 5.41) is 12.2. The van der Waals surface area contributed by atoms with E-state index >= 15 is 0 Å². The Morgan fingerprint density at radius 3 is 2.41 bits per heavy atom. The van der Waals surface area contributed by atoms with Crippen LogP contribution >= 0.6 is 0 Å². The lowest BCUT2D eigenvalue weighted by atomic mass is 10.0. The number of carbonyl (C=O) groups is 3. The number of sulfonamides is 1. The average Bonchev–Trinajstić information content (AvgIpc) is 2.92. The number of pyridine rings is 1. The number of carbonyl (C=O) groups excluding carboxylic acids is 2. The number of benzene rings is 2. The molecule has 1 aliphatic heterocycles. The van der Waals surface area contributed by atoms with Gasteiger partial charge >= 0.3 is 5.97 Å². The van der Waals surface area contributed by atoms with Crippen LogP contribution in [0.1, 0.15) is 40.4 Å². The number of carboxylic acids is 1. The summed E-state index contributed by atoms with van der Waals surface area (Å²) in [7, 11) is -4.37. The highest BCUT2D eigenvalue weighted by Gasteiger charge is 2.45. The molecule has 39 heavy (non-hydrogen) atoms. The van der Waals surface area contributed by atoms with Gasteiger partial charge in [-0.05, 0) is 55.3 Å². The van der Waals surface area contributed by atoms with E-state index in [9.17, 15) is 32.3 Å². The Kier molecular flexibility index (Phi) is 8.36. The van der Waals surface area contributed by atoms with Crippen LogP contribution in [0.15, 0.2) is 78.0 Å². The number of aryl methyl sites for hydroxylation is 1. The van der Waals surface area contributed by atoms with Crippen LogP contribution in [0.2, 0.25) is 0 Å². The Morgan fingerprint density at radius 2 is 1.77 bits per heavy atom. The van der Waals surface area contributed by atoms with E-state index in [0.29, 0.717) is 5.56 Å². The fourth-order valence-electron chi connectivity index (χ4n) is 4.50. The molecule has 2 amide bonds. The SMILES string of the molecule is Cc1cccc(C(CC(=O)O)NC(=O)C2N(C(=O)c3ccncc3)CCCN2S(=O)(=O)c2ccc(F)cc2)c1. The number of nitrogens with one attached hydrogen (secondary N) is 1. The van der Waals surface area contributed by atoms with Crippen molar-refractivity contribution in [2.45, 2.75) is 36.9 Å². The van der Waals surface area contributed by atoms with Gasteiger partial charge in [0.1, 0.15) is 5.82 Å². The first-order chi connectivity index (χ1) is 18.6. The molecule has 2 atom stereocenters. The molecular formula is C27H27FN4O6S. The van der Waals surface area contributed by atoms with Gasteiger partial charge in [-0.2, -0.15) is 4.31 Å². The Morgan fingerprint density at radius 1 is 1.08 bits per heavy atom. The number of aromatic nitrogens is 1. The van der Waals surface area contributed by atoms with E-state index in [2.05, 4.69) is 10.3 Å². The van der Waals surface area contributed by atoms with Gasteiger partial charge in [-0.1, -0.05) is 29.8 Å². The Labute approximate surface area is 225 Å². The molecule has 1 fully saturated rings. The lowest BCUT2D eigenvalue weighted by Crippen LogP contribution is -2.63. The summed E-state index contributed by atoms with van der Waals surface area (Å²) in [5.41, 5.74) is 1.55. The number of amides is 2. The van der Waals surface area contributed by atoms with Crippen molar-refractivity contribution in [1.82, 2.24) is 19.5 Å². The molecule has 204 valence electrons. The minimum atomic E-state index is -4.37. The number of hydrogen-bond donors (Lipinski definition) is 2. The maximum Gasteiger partial charge on any atom is 0.305 e. The second-order valence-corrected chi connectivity index (χ2v) is 11.0. The van der Waals surface area contributed by atoms with Crippen molar-refractivity contribution in [3.05, 3.63) is 95.6 Å². The molecule has 2 N–H and O–H groups in total. The summed E-state index contributed by atoms with van der Waals surface area (Å²) in [6.07, 6.45) is 0.943. The molecule has 4 rings (SSSR count). The summed E-state index contributed by atoms with van der Waals surface area (Å²) in [6, 6.07) is 13.0. The van der Waals surface area contributed by atoms with Crippen LogP contribution in [0.4, 0.5) is 4.39 Å². The lowest BCUT2D eigenvalue weighted by Gasteiger charge is -2.42. The Bertz CT molecular complexity index is 1470. The molecule has 1 aliphatic rings. The van der Waals surface area contributed by atoms with Gasteiger partial charge in [0.25, 0.3) is 11.8 Å². The van der Waals surface area contributed by atoms with Crippen molar-refractivity contribution in [2.75, 3.05) is 13.1 Å². The number of aliphatic carboxylic acids is 1. The average molecular weight is 555 g/mol. The molecule has 2 aromatic carbocycles. The Hall–Kier alpha value is -4.16. The smallest absolute Gasteiger partial charge is 0.305 e. The molecule has 1 saturated heterocycles. The second-order valence-electron chi connectivity index (χ2n) is 9.10. The zero-order valence-corrected chi connectivity index (χ0v) is 21.8. The fourth-order valence-corrected chi connectivity index (χ4v) is 6.09. The standard InChI is InChI=1S/C27H27FN4O6S/c1-18-4-2-5-20(16-18)23(17-24(33)34)30-25(35)26-31(27(36)19-10-12-29-13-11-19)14-3-15-32(26)39(37,38)22-8-6-21(28)7-9-22/h2,4-13,16,23,26H,3,14-15,17H2,1H3,(H,30,35)(H,33,34). The summed E-state index contributed by atoms with van der Waals surface area (Å²) >= 11 is 0. The quantitative estimate of drug-likeness (QED) is 0.437. The van der Waals surface area contributed by atoms with Crippen LogP contribution in [0.3, 0.4) is 0 Å². The summed E-state index contributed by atoms with van der Waals surface area (Å²) in [5.74, 6) is -3.27. The summed E-state index contributed by atoms with van der Waals surface area (Å²) in [6.45, 7) is 1.80. The van der Waals surface area contributed by atoms with Crippen LogP contribution < -0.4 is 5.32 Å². The van der Waals surface area contributed by atoms with Gasteiger partial charge in [-0.3, -0.25) is 19.4 Å². The molecule has 10 nitrogen and oxygen atoms in total. The summed E-state index contributed by atoms with van der Waals surface area (Å²) in [4.78, 5) is 43.8. The topological polar surface area (TPSA) is 137 Å². The molecule has 0 spiro atoms. The van der Waals surface area contributed by atoms with E-state index in [1.165, 1.54) is 24.5 Å². The predicted molar refractivity (Wildman–Crippen MR) is 138 cm³/mol. The first-order valence-corrected chi connectivity index (χ1v) is 13.6. The highest BCUT2D eigenvalue weighted by atomic mass is 32.2. The van der Waals surface area contributed by atoms with Crippen molar-refractivity contribution >= 4 is 27.8 Å². The highest BCUT2D eigenvalue weighted by molar-refractivity contribution is 7.89. The molecule has 12 heteroatoms. The van der Waals surface area contributed by atoms with Crippen molar-refractivity contribution < 1.29 is 32.3 Å². The molecule has 0 aliphatic carbocycles. The summed E-state index contributed by atoms with van der Waals surface area (Å²) < 4.78 is 41.8. The van der Waals surface area contributed by atoms with Gasteiger partial charge in [0.2, 0.25) is 10.0 Å². The van der Waals surface area contributed by atoms with E-state index in [1.54, 1.807) is 18.2 Å². The third-order valence-electron chi connectivity index (χ3n) is 6.33. The number of nitrogens with zero attached hydrogens (tertiary/aromatic N) is 3. The zero-order valence-electron chi connectivity index (χ0n) is 21.0. The fraction of sp³-hybridized carbons (Fsp3) is 0.259. The second kappa shape index (κ2) is 11.7. The van der Waals surface area contributed by atoms with Crippen molar-refractivity contribution in [3.8, 4) is 0 Å². The van der Waals surface area contributed by atoms with E-state index in [4.69, 9.17) is 0 Å². The molecule has 0 saturated carbocycles. The van der Waals surface area contributed by atoms with E-state index < -0.39 is 52.3 Å². The largest absolute Gasteiger partial charge is 0.481 e. The van der Waals surface area contributed by atoms with Crippen LogP contribution in [0, 0.1) is 12.7 Å². The van der Waals surface area contributed by atoms with Crippen LogP contribution in [-0.2, 0) is 19.6 Å². The molecular weight excluding hydrogens is 527 g/mol. The van der Waals surface area contributed by atoms with Crippen LogP contribution in [0.5, 0.6) is 0 Å². The van der Waals surface area contributed by atoms with Gasteiger partial charge in [-0.15, -0.1) is 0 Å². The number of hydrogen-bond acceptors (Lipinski definition) is 6. The monoisotopic (exact) mass is 554 g/mol. The van der Waals surface area contributed by atoms with Crippen LogP contribution in [0.25, 0.3) is 0 Å². The van der Waals surface area contributed by atoms with Crippen molar-refractivity contribution in [2.24, 2.45) is 0 Å². The van der Waals surface area contributed by atoms with Gasteiger partial charge < -0.3 is 15.3 Å². The first kappa shape index (κ1) is 27.9. The predicted octanol–water partition coefficient (Wildman–Crippen LogP) is 2.72. The zero-order chi connectivity index (χ0) is 28.2. The third-order valence-corrected chi connectivity index (χ3v) is 8.20. The molecule has 2 unspecified atom stereocenters. The minimum absolute atomic E-state index is 0.0721. The lowest BCUT2D eigenvalue weighted by molar-refractivity contribution is -0.138. The van der Waals surface area contributed by atoms with E-state index in [-0.39, 0.29) is 30.0 Å². The van der Waals surface area contributed by atoms with Gasteiger partial charge in [0, 0.05) is 31.0 Å². The van der Waals surface area contributed by atoms with Crippen molar-refractivity contribution in [3.63, 3.8) is 0 Å². The number of halogens is 1. The van der Waals surface area contributed by atoms with Crippen molar-refractivity contribution in [1.29, 1.82) is 0 Å². The maximum atomic E-state index is 13.9. The Balaban J connectivity index is 1.76. The molecule has 3 aromatic rings. The molecule has 0 radical (unpaired) electrons. The van der Waals surface area contributed by atoms with E-state index in [0.717, 1.165) is 39.0 Å². The normalized spacial score (nSPS) is 16.9. The van der Waals surface area contributed by atoms with E-state index in [1.807, 2.05) is 13.0 Å². The number of rotatable bonds is 8. The molecule has 1 aromatic heterocycles. The first-order valence-electron chi connectivity index (χ1n) is 12.1. The number of carboxylic acid groups (broad SMARTS) is 1.